The van der Waals surface area contributed by atoms with Gasteiger partial charge in [0.2, 0.25) is 0 Å². The van der Waals surface area contributed by atoms with Crippen molar-refractivity contribution in [3.05, 3.63) is 58.9 Å². The first-order valence-electron chi connectivity index (χ1n) is 6.64. The molecule has 1 heterocycles. The number of hydrogen-bond donors (Lipinski definition) is 1. The topological polar surface area (TPSA) is 57.2 Å². The lowest BCUT2D eigenvalue weighted by atomic mass is 10.0. The number of ether oxygens (including phenoxy) is 1. The standard InChI is InChI=1S/C17H16N2O2/c1-19-16-10-13(18)6-3-12(16)9-15(17(19)20)11-4-7-14(21-2)8-5-11/h3-10H,18H2,1-2H3. The van der Waals surface area contributed by atoms with E-state index in [-0.39, 0.29) is 5.56 Å². The largest absolute Gasteiger partial charge is 0.497 e. The van der Waals surface area contributed by atoms with Gasteiger partial charge in [0.25, 0.3) is 5.56 Å². The van der Waals surface area contributed by atoms with Crippen LogP contribution in [0, 0.1) is 0 Å². The van der Waals surface area contributed by atoms with Crippen molar-refractivity contribution < 1.29 is 4.74 Å². The number of nitrogens with zero attached hydrogens (tertiary/aromatic N) is 1. The van der Waals surface area contributed by atoms with Gasteiger partial charge < -0.3 is 15.0 Å². The van der Waals surface area contributed by atoms with Crippen molar-refractivity contribution in [1.29, 1.82) is 0 Å². The lowest BCUT2D eigenvalue weighted by molar-refractivity contribution is 0.415. The molecule has 0 amide bonds. The van der Waals surface area contributed by atoms with Crippen molar-refractivity contribution in [1.82, 2.24) is 4.57 Å². The van der Waals surface area contributed by atoms with Crippen molar-refractivity contribution in [2.45, 2.75) is 0 Å². The van der Waals surface area contributed by atoms with E-state index in [1.165, 1.54) is 0 Å². The Morgan fingerprint density at radius 3 is 2.43 bits per heavy atom. The molecule has 3 rings (SSSR count). The van der Waals surface area contributed by atoms with Gasteiger partial charge in [-0.05, 0) is 41.3 Å². The Kier molecular flexibility index (Phi) is 3.14. The highest BCUT2D eigenvalue weighted by atomic mass is 16.5. The van der Waals surface area contributed by atoms with E-state index < -0.39 is 0 Å². The Morgan fingerprint density at radius 1 is 1.05 bits per heavy atom. The van der Waals surface area contributed by atoms with Gasteiger partial charge in [-0.1, -0.05) is 18.2 Å². The molecule has 0 fully saturated rings. The lowest BCUT2D eigenvalue weighted by Gasteiger charge is -2.10. The normalized spacial score (nSPS) is 10.8. The average Bonchev–Trinajstić information content (AvgIpc) is 2.51. The summed E-state index contributed by atoms with van der Waals surface area (Å²) in [5, 5.41) is 0.983. The first-order valence-corrected chi connectivity index (χ1v) is 6.64. The van der Waals surface area contributed by atoms with Crippen LogP contribution >= 0.6 is 0 Å². The van der Waals surface area contributed by atoms with E-state index in [1.54, 1.807) is 18.7 Å². The summed E-state index contributed by atoms with van der Waals surface area (Å²) >= 11 is 0. The fourth-order valence-electron chi connectivity index (χ4n) is 2.46. The molecular formula is C17H16N2O2. The molecule has 0 atom stereocenters. The number of fused-ring (bicyclic) bond motifs is 1. The van der Waals surface area contributed by atoms with Gasteiger partial charge in [0.1, 0.15) is 5.75 Å². The van der Waals surface area contributed by atoms with Gasteiger partial charge in [0.05, 0.1) is 12.6 Å². The van der Waals surface area contributed by atoms with Crippen LogP contribution in [0.2, 0.25) is 0 Å². The van der Waals surface area contributed by atoms with Gasteiger partial charge in [-0.3, -0.25) is 4.79 Å². The van der Waals surface area contributed by atoms with Gasteiger partial charge in [-0.2, -0.15) is 0 Å². The number of nitrogen functional groups attached to an aromatic ring is 1. The molecular weight excluding hydrogens is 264 g/mol. The number of anilines is 1. The molecule has 0 radical (unpaired) electrons. The summed E-state index contributed by atoms with van der Waals surface area (Å²) in [7, 11) is 3.38. The number of aromatic nitrogens is 1. The first-order chi connectivity index (χ1) is 10.1. The average molecular weight is 280 g/mol. The smallest absolute Gasteiger partial charge is 0.258 e. The van der Waals surface area contributed by atoms with E-state index >= 15 is 0 Å². The molecule has 3 aromatic rings. The molecule has 0 spiro atoms. The maximum absolute atomic E-state index is 12.5. The second kappa shape index (κ2) is 4.98. The van der Waals surface area contributed by atoms with E-state index in [1.807, 2.05) is 48.5 Å². The number of methoxy groups -OCH3 is 1. The minimum Gasteiger partial charge on any atom is -0.497 e. The van der Waals surface area contributed by atoms with Crippen molar-refractivity contribution in [2.75, 3.05) is 12.8 Å². The van der Waals surface area contributed by atoms with Crippen molar-refractivity contribution in [3.63, 3.8) is 0 Å². The third-order valence-electron chi connectivity index (χ3n) is 3.65. The SMILES string of the molecule is COc1ccc(-c2cc3ccc(N)cc3n(C)c2=O)cc1. The molecule has 0 unspecified atom stereocenters. The zero-order chi connectivity index (χ0) is 15.0. The summed E-state index contributed by atoms with van der Waals surface area (Å²) in [5.41, 5.74) is 8.76. The fourth-order valence-corrected chi connectivity index (χ4v) is 2.46. The molecule has 0 aliphatic heterocycles. The second-order valence-corrected chi connectivity index (χ2v) is 4.97. The van der Waals surface area contributed by atoms with Crippen LogP contribution in [0.15, 0.2) is 53.3 Å². The van der Waals surface area contributed by atoms with Gasteiger partial charge in [0, 0.05) is 18.3 Å². The zero-order valence-electron chi connectivity index (χ0n) is 12.0. The van der Waals surface area contributed by atoms with Crippen LogP contribution in [0.1, 0.15) is 0 Å². The molecule has 0 aliphatic rings. The molecule has 1 aromatic heterocycles. The van der Waals surface area contributed by atoms with E-state index in [4.69, 9.17) is 10.5 Å². The minimum atomic E-state index is -0.0433. The van der Waals surface area contributed by atoms with Crippen LogP contribution in [0.5, 0.6) is 5.75 Å². The van der Waals surface area contributed by atoms with Gasteiger partial charge in [0.15, 0.2) is 0 Å². The molecule has 106 valence electrons. The minimum absolute atomic E-state index is 0.0433. The summed E-state index contributed by atoms with van der Waals surface area (Å²) < 4.78 is 6.78. The Balaban J connectivity index is 2.25. The summed E-state index contributed by atoms with van der Waals surface area (Å²) in [6, 6.07) is 15.0. The Morgan fingerprint density at radius 2 is 1.76 bits per heavy atom. The van der Waals surface area contributed by atoms with Crippen LogP contribution in [0.25, 0.3) is 22.0 Å². The quantitative estimate of drug-likeness (QED) is 0.734. The highest BCUT2D eigenvalue weighted by molar-refractivity contribution is 5.86. The highest BCUT2D eigenvalue weighted by Gasteiger charge is 2.09. The molecule has 4 nitrogen and oxygen atoms in total. The van der Waals surface area contributed by atoms with Gasteiger partial charge in [-0.25, -0.2) is 0 Å². The molecule has 0 saturated carbocycles. The maximum atomic E-state index is 12.5. The number of hydrogen-bond acceptors (Lipinski definition) is 3. The van der Waals surface area contributed by atoms with E-state index in [9.17, 15) is 4.79 Å². The summed E-state index contributed by atoms with van der Waals surface area (Å²) in [6.07, 6.45) is 0. The second-order valence-electron chi connectivity index (χ2n) is 4.97. The lowest BCUT2D eigenvalue weighted by Crippen LogP contribution is -2.18. The summed E-state index contributed by atoms with van der Waals surface area (Å²) in [6.45, 7) is 0. The molecule has 4 heteroatoms. The van der Waals surface area contributed by atoms with Gasteiger partial charge in [-0.15, -0.1) is 0 Å². The first kappa shape index (κ1) is 13.2. The van der Waals surface area contributed by atoms with Crippen LogP contribution in [-0.4, -0.2) is 11.7 Å². The number of rotatable bonds is 2. The van der Waals surface area contributed by atoms with Crippen LogP contribution in [-0.2, 0) is 7.05 Å². The Bertz CT molecular complexity index is 864. The number of pyridine rings is 1. The molecule has 21 heavy (non-hydrogen) atoms. The Labute approximate surface area is 122 Å². The Hall–Kier alpha value is -2.75. The molecule has 0 saturated heterocycles. The van der Waals surface area contributed by atoms with E-state index in [0.29, 0.717) is 11.3 Å². The summed E-state index contributed by atoms with van der Waals surface area (Å²) in [4.78, 5) is 12.5. The number of aryl methyl sites for hydroxylation is 1. The predicted molar refractivity (Wildman–Crippen MR) is 85.6 cm³/mol. The monoisotopic (exact) mass is 280 g/mol. The van der Waals surface area contributed by atoms with Crippen molar-refractivity contribution in [2.24, 2.45) is 7.05 Å². The third-order valence-corrected chi connectivity index (χ3v) is 3.65. The molecule has 0 aliphatic carbocycles. The van der Waals surface area contributed by atoms with Crippen molar-refractivity contribution >= 4 is 16.6 Å². The summed E-state index contributed by atoms with van der Waals surface area (Å²) in [5.74, 6) is 0.768. The fraction of sp³-hybridized carbons (Fsp3) is 0.118. The predicted octanol–water partition coefficient (Wildman–Crippen LogP) is 2.80. The third kappa shape index (κ3) is 2.25. The van der Waals surface area contributed by atoms with Crippen LogP contribution in [0.3, 0.4) is 0 Å². The van der Waals surface area contributed by atoms with Gasteiger partial charge >= 0.3 is 0 Å². The number of nitrogens with two attached hydrogens (primary N) is 1. The highest BCUT2D eigenvalue weighted by Crippen LogP contribution is 2.24. The van der Waals surface area contributed by atoms with E-state index in [2.05, 4.69) is 0 Å². The zero-order valence-corrected chi connectivity index (χ0v) is 12.0. The maximum Gasteiger partial charge on any atom is 0.258 e. The number of benzene rings is 2. The molecule has 2 N–H and O–H groups in total. The van der Waals surface area contributed by atoms with Crippen molar-refractivity contribution in [3.8, 4) is 16.9 Å². The van der Waals surface area contributed by atoms with Crippen LogP contribution < -0.4 is 16.0 Å². The molecule has 0 bridgehead atoms. The van der Waals surface area contributed by atoms with E-state index in [0.717, 1.165) is 22.2 Å². The van der Waals surface area contributed by atoms with Crippen LogP contribution in [0.4, 0.5) is 5.69 Å². The molecule has 2 aromatic carbocycles.